The molecule has 1 atom stereocenters. The van der Waals surface area contributed by atoms with E-state index in [4.69, 9.17) is 13.6 Å². The van der Waals surface area contributed by atoms with E-state index in [2.05, 4.69) is 20.7 Å². The van der Waals surface area contributed by atoms with Gasteiger partial charge in [-0.1, -0.05) is 25.0 Å². The van der Waals surface area contributed by atoms with E-state index in [1.54, 1.807) is 31.4 Å². The van der Waals surface area contributed by atoms with Crippen LogP contribution in [0.25, 0.3) is 11.6 Å². The molecule has 0 spiro atoms. The third-order valence-corrected chi connectivity index (χ3v) is 6.81. The second-order valence-electron chi connectivity index (χ2n) is 9.76. The zero-order valence-electron chi connectivity index (χ0n) is 22.3. The van der Waals surface area contributed by atoms with Crippen molar-refractivity contribution in [3.05, 3.63) is 71.4 Å². The van der Waals surface area contributed by atoms with Crippen LogP contribution in [0.15, 0.2) is 57.4 Å². The number of tetrazole rings is 1. The second kappa shape index (κ2) is 11.5. The summed E-state index contributed by atoms with van der Waals surface area (Å²) in [4.78, 5) is 30.3. The van der Waals surface area contributed by atoms with E-state index < -0.39 is 6.04 Å². The molecule has 1 aliphatic carbocycles. The lowest BCUT2D eigenvalue weighted by molar-refractivity contribution is -0.143. The molecule has 3 aromatic heterocycles. The maximum Gasteiger partial charge on any atom is 0.250 e. The molecule has 204 valence electrons. The standard InChI is InChI=1S/C28H32N6O5/c1-18-8-14-23(38-18)26(28(36)29-21-6-4-5-7-21)33(16-20-10-12-22(37-3)13-11-20)25(35)17-34-31-27(30-32-34)24-15-9-19(2)39-24/h8-15,21,26H,4-7,16-17H2,1-3H3,(H,29,36)/t26-/m1/s1. The van der Waals surface area contributed by atoms with Crippen molar-refractivity contribution in [2.75, 3.05) is 7.11 Å². The van der Waals surface area contributed by atoms with E-state index in [1.807, 2.05) is 38.1 Å². The van der Waals surface area contributed by atoms with Gasteiger partial charge in [0.2, 0.25) is 11.7 Å². The lowest BCUT2D eigenvalue weighted by atomic mass is 10.1. The molecule has 2 amide bonds. The molecule has 1 aromatic carbocycles. The van der Waals surface area contributed by atoms with E-state index >= 15 is 0 Å². The number of rotatable bonds is 10. The van der Waals surface area contributed by atoms with Gasteiger partial charge in [-0.2, -0.15) is 4.80 Å². The zero-order valence-corrected chi connectivity index (χ0v) is 22.3. The quantitative estimate of drug-likeness (QED) is 0.325. The maximum atomic E-state index is 13.9. The number of carbonyl (C=O) groups excluding carboxylic acids is 2. The number of nitrogens with one attached hydrogen (secondary N) is 1. The first kappa shape index (κ1) is 26.2. The topological polar surface area (TPSA) is 129 Å². The number of hydrogen-bond donors (Lipinski definition) is 1. The summed E-state index contributed by atoms with van der Waals surface area (Å²) < 4.78 is 16.8. The number of aromatic nitrogens is 4. The molecule has 11 heteroatoms. The third kappa shape index (κ3) is 6.19. The Morgan fingerprint density at radius 2 is 1.77 bits per heavy atom. The van der Waals surface area contributed by atoms with Gasteiger partial charge in [0, 0.05) is 12.6 Å². The number of hydrogen-bond acceptors (Lipinski definition) is 8. The molecule has 0 bridgehead atoms. The Hall–Kier alpha value is -4.41. The summed E-state index contributed by atoms with van der Waals surface area (Å²) in [5, 5.41) is 15.5. The van der Waals surface area contributed by atoms with Crippen molar-refractivity contribution in [3.8, 4) is 17.3 Å². The van der Waals surface area contributed by atoms with E-state index in [9.17, 15) is 9.59 Å². The Morgan fingerprint density at radius 3 is 2.41 bits per heavy atom. The SMILES string of the molecule is COc1ccc(CN(C(=O)Cn2nnc(-c3ccc(C)o3)n2)[C@@H](C(=O)NC2CCCC2)c2ccc(C)o2)cc1. The minimum absolute atomic E-state index is 0.0743. The normalized spacial score (nSPS) is 14.3. The molecule has 1 aliphatic rings. The fraction of sp³-hybridized carbons (Fsp3) is 0.393. The molecule has 1 saturated carbocycles. The fourth-order valence-electron chi connectivity index (χ4n) is 4.80. The molecule has 3 heterocycles. The van der Waals surface area contributed by atoms with Crippen molar-refractivity contribution in [3.63, 3.8) is 0 Å². The molecule has 39 heavy (non-hydrogen) atoms. The van der Waals surface area contributed by atoms with Crippen LogP contribution in [-0.4, -0.2) is 50.1 Å². The van der Waals surface area contributed by atoms with Crippen molar-refractivity contribution < 1.29 is 23.2 Å². The Labute approximate surface area is 226 Å². The number of ether oxygens (including phenoxy) is 1. The Bertz CT molecular complexity index is 1420. The Balaban J connectivity index is 1.45. The predicted molar refractivity (Wildman–Crippen MR) is 140 cm³/mol. The van der Waals surface area contributed by atoms with Gasteiger partial charge in [-0.3, -0.25) is 9.59 Å². The first-order valence-corrected chi connectivity index (χ1v) is 13.0. The van der Waals surface area contributed by atoms with Gasteiger partial charge in [-0.05, 0) is 73.9 Å². The highest BCUT2D eigenvalue weighted by atomic mass is 16.5. The lowest BCUT2D eigenvalue weighted by Crippen LogP contribution is -2.46. The summed E-state index contributed by atoms with van der Waals surface area (Å²) >= 11 is 0. The number of nitrogens with zero attached hydrogens (tertiary/aromatic N) is 5. The summed E-state index contributed by atoms with van der Waals surface area (Å²) in [6, 6.07) is 13.5. The number of amides is 2. The van der Waals surface area contributed by atoms with Crippen LogP contribution in [0, 0.1) is 13.8 Å². The Morgan fingerprint density at radius 1 is 1.05 bits per heavy atom. The fourth-order valence-corrected chi connectivity index (χ4v) is 4.80. The minimum Gasteiger partial charge on any atom is -0.497 e. The summed E-state index contributed by atoms with van der Waals surface area (Å²) in [5.74, 6) is 2.53. The first-order valence-electron chi connectivity index (χ1n) is 13.0. The number of benzene rings is 1. The van der Waals surface area contributed by atoms with Crippen molar-refractivity contribution in [1.82, 2.24) is 30.4 Å². The van der Waals surface area contributed by atoms with Crippen LogP contribution in [-0.2, 0) is 22.7 Å². The van der Waals surface area contributed by atoms with Crippen molar-refractivity contribution in [2.45, 2.75) is 64.7 Å². The number of furan rings is 2. The maximum absolute atomic E-state index is 13.9. The molecule has 11 nitrogen and oxygen atoms in total. The average molecular weight is 533 g/mol. The summed E-state index contributed by atoms with van der Waals surface area (Å²) in [6.45, 7) is 3.56. The highest BCUT2D eigenvalue weighted by molar-refractivity contribution is 5.88. The lowest BCUT2D eigenvalue weighted by Gasteiger charge is -2.30. The smallest absolute Gasteiger partial charge is 0.250 e. The first-order chi connectivity index (χ1) is 18.9. The van der Waals surface area contributed by atoms with Crippen LogP contribution >= 0.6 is 0 Å². The molecule has 0 radical (unpaired) electrons. The van der Waals surface area contributed by atoms with E-state index in [1.165, 1.54) is 9.70 Å². The average Bonchev–Trinajstić information content (AvgIpc) is 3.74. The van der Waals surface area contributed by atoms with Crippen molar-refractivity contribution >= 4 is 11.8 Å². The molecular weight excluding hydrogens is 500 g/mol. The van der Waals surface area contributed by atoms with Crippen molar-refractivity contribution in [2.24, 2.45) is 0 Å². The zero-order chi connectivity index (χ0) is 27.4. The van der Waals surface area contributed by atoms with Crippen LogP contribution < -0.4 is 10.1 Å². The second-order valence-corrected chi connectivity index (χ2v) is 9.76. The van der Waals surface area contributed by atoms with Gasteiger partial charge < -0.3 is 23.8 Å². The number of methoxy groups -OCH3 is 1. The summed E-state index contributed by atoms with van der Waals surface area (Å²) in [6.07, 6.45) is 3.97. The van der Waals surface area contributed by atoms with Crippen LogP contribution in [0.4, 0.5) is 0 Å². The van der Waals surface area contributed by atoms with Crippen LogP contribution in [0.5, 0.6) is 5.75 Å². The largest absolute Gasteiger partial charge is 0.497 e. The molecular formula is C28H32N6O5. The minimum atomic E-state index is -0.982. The molecule has 0 unspecified atom stereocenters. The van der Waals surface area contributed by atoms with Crippen LogP contribution in [0.1, 0.15) is 54.6 Å². The van der Waals surface area contributed by atoms with Gasteiger partial charge >= 0.3 is 0 Å². The molecule has 5 rings (SSSR count). The monoisotopic (exact) mass is 532 g/mol. The van der Waals surface area contributed by atoms with Gasteiger partial charge in [0.15, 0.2) is 11.8 Å². The van der Waals surface area contributed by atoms with Gasteiger partial charge in [-0.25, -0.2) is 0 Å². The highest BCUT2D eigenvalue weighted by Crippen LogP contribution is 2.28. The third-order valence-electron chi connectivity index (χ3n) is 6.81. The van der Waals surface area contributed by atoms with Gasteiger partial charge in [0.1, 0.15) is 29.6 Å². The summed E-state index contributed by atoms with van der Waals surface area (Å²) in [7, 11) is 1.59. The summed E-state index contributed by atoms with van der Waals surface area (Å²) in [5.41, 5.74) is 0.824. The van der Waals surface area contributed by atoms with Gasteiger partial charge in [0.05, 0.1) is 7.11 Å². The van der Waals surface area contributed by atoms with Gasteiger partial charge in [0.25, 0.3) is 5.91 Å². The molecule has 0 aliphatic heterocycles. The Kier molecular flexibility index (Phi) is 7.76. The van der Waals surface area contributed by atoms with Crippen molar-refractivity contribution in [1.29, 1.82) is 0 Å². The molecule has 4 aromatic rings. The van der Waals surface area contributed by atoms with E-state index in [0.29, 0.717) is 28.8 Å². The molecule has 1 N–H and O–H groups in total. The van der Waals surface area contributed by atoms with Crippen LogP contribution in [0.3, 0.4) is 0 Å². The van der Waals surface area contributed by atoms with Gasteiger partial charge in [-0.15, -0.1) is 10.2 Å². The van der Waals surface area contributed by atoms with Crippen LogP contribution in [0.2, 0.25) is 0 Å². The molecule has 0 saturated heterocycles. The van der Waals surface area contributed by atoms with E-state index in [-0.39, 0.29) is 36.8 Å². The number of aryl methyl sites for hydroxylation is 2. The number of carbonyl (C=O) groups is 2. The molecule has 1 fully saturated rings. The van der Waals surface area contributed by atoms with E-state index in [0.717, 1.165) is 31.2 Å². The highest BCUT2D eigenvalue weighted by Gasteiger charge is 2.36. The predicted octanol–water partition coefficient (Wildman–Crippen LogP) is 3.98.